The lowest BCUT2D eigenvalue weighted by molar-refractivity contribution is 0.898. The van der Waals surface area contributed by atoms with E-state index in [1.54, 1.807) is 6.20 Å². The number of hydrogen-bond donors (Lipinski definition) is 3. The molecule has 0 fully saturated rings. The van der Waals surface area contributed by atoms with Crippen molar-refractivity contribution >= 4 is 27.9 Å². The molecule has 0 aliphatic rings. The second-order valence-electron chi connectivity index (χ2n) is 6.89. The first-order valence-corrected chi connectivity index (χ1v) is 9.05. The fourth-order valence-corrected chi connectivity index (χ4v) is 3.17. The molecule has 0 atom stereocenters. The summed E-state index contributed by atoms with van der Waals surface area (Å²) in [4.78, 5) is 21.2. The van der Waals surface area contributed by atoms with E-state index in [1.165, 1.54) is 0 Å². The Morgan fingerprint density at radius 1 is 1.04 bits per heavy atom. The highest BCUT2D eigenvalue weighted by molar-refractivity contribution is 5.91. The summed E-state index contributed by atoms with van der Waals surface area (Å²) in [6.07, 6.45) is 5.34. The maximum Gasteiger partial charge on any atom is 0.178 e. The van der Waals surface area contributed by atoms with Gasteiger partial charge in [0.05, 0.1) is 22.4 Å². The van der Waals surface area contributed by atoms with Gasteiger partial charge in [0.1, 0.15) is 5.52 Å². The molecule has 5 aromatic heterocycles. The van der Waals surface area contributed by atoms with Gasteiger partial charge >= 0.3 is 0 Å². The molecule has 0 saturated carbocycles. The third-order valence-electron chi connectivity index (χ3n) is 4.38. The average molecular weight is 370 g/mol. The number of pyridine rings is 3. The number of rotatable bonds is 4. The number of fused-ring (bicyclic) bond motifs is 2. The number of nitrogens with zero attached hydrogens (tertiary/aromatic N) is 5. The Balaban J connectivity index is 1.60. The molecule has 0 aliphatic carbocycles. The first-order valence-electron chi connectivity index (χ1n) is 9.05. The summed E-state index contributed by atoms with van der Waals surface area (Å²) in [7, 11) is 0. The molecule has 8 heteroatoms. The van der Waals surface area contributed by atoms with E-state index < -0.39 is 0 Å². The largest absolute Gasteiger partial charge is 0.382 e. The van der Waals surface area contributed by atoms with Crippen molar-refractivity contribution in [3.05, 3.63) is 48.9 Å². The van der Waals surface area contributed by atoms with Gasteiger partial charge in [0, 0.05) is 30.2 Å². The molecule has 0 bridgehead atoms. The van der Waals surface area contributed by atoms with Crippen LogP contribution in [0.5, 0.6) is 0 Å². The van der Waals surface area contributed by atoms with E-state index in [2.05, 4.69) is 49.3 Å². The maximum atomic E-state index is 4.83. The lowest BCUT2D eigenvalue weighted by Crippen LogP contribution is -2.09. The van der Waals surface area contributed by atoms with Crippen molar-refractivity contribution in [1.29, 1.82) is 0 Å². The lowest BCUT2D eigenvalue weighted by Gasteiger charge is -2.10. The van der Waals surface area contributed by atoms with Crippen molar-refractivity contribution in [2.24, 2.45) is 0 Å². The third-order valence-corrected chi connectivity index (χ3v) is 4.38. The Labute approximate surface area is 160 Å². The van der Waals surface area contributed by atoms with Crippen LogP contribution >= 0.6 is 0 Å². The summed E-state index contributed by atoms with van der Waals surface area (Å²) in [6, 6.07) is 10.1. The fourth-order valence-electron chi connectivity index (χ4n) is 3.17. The fraction of sp³-hybridized carbons (Fsp3) is 0.150. The third kappa shape index (κ3) is 2.84. The Morgan fingerprint density at radius 3 is 2.82 bits per heavy atom. The summed E-state index contributed by atoms with van der Waals surface area (Å²) in [5.41, 5.74) is 6.50. The molecule has 0 amide bonds. The Hall–Kier alpha value is -3.81. The van der Waals surface area contributed by atoms with Gasteiger partial charge in [0.25, 0.3) is 0 Å². The number of H-pyrrole nitrogens is 2. The van der Waals surface area contributed by atoms with Gasteiger partial charge in [-0.15, -0.1) is 0 Å². The van der Waals surface area contributed by atoms with Crippen LogP contribution in [0.3, 0.4) is 0 Å². The summed E-state index contributed by atoms with van der Waals surface area (Å²) in [5, 5.41) is 10.8. The van der Waals surface area contributed by atoms with E-state index in [0.717, 1.165) is 33.5 Å². The summed E-state index contributed by atoms with van der Waals surface area (Å²) >= 11 is 0. The molecule has 3 N–H and O–H groups in total. The summed E-state index contributed by atoms with van der Waals surface area (Å²) < 4.78 is 0. The number of imidazole rings is 1. The van der Waals surface area contributed by atoms with E-state index in [0.29, 0.717) is 23.2 Å². The van der Waals surface area contributed by atoms with Crippen LogP contribution in [0.15, 0.2) is 48.9 Å². The molecular formula is C20H18N8. The van der Waals surface area contributed by atoms with E-state index in [4.69, 9.17) is 4.98 Å². The minimum atomic E-state index is 0.328. The predicted octanol–water partition coefficient (Wildman–Crippen LogP) is 3.78. The zero-order valence-electron chi connectivity index (χ0n) is 15.4. The number of aromatic nitrogens is 7. The SMILES string of the molecule is CC(C)Nc1cncc(-c2ccc3[nH]nc(-c4nc5ncccc5[nH]4)c3n2)c1. The Morgan fingerprint density at radius 2 is 1.96 bits per heavy atom. The van der Waals surface area contributed by atoms with Crippen LogP contribution in [0.4, 0.5) is 5.69 Å². The molecule has 28 heavy (non-hydrogen) atoms. The number of hydrogen-bond acceptors (Lipinski definition) is 6. The smallest absolute Gasteiger partial charge is 0.178 e. The molecular weight excluding hydrogens is 352 g/mol. The molecule has 5 aromatic rings. The number of nitrogens with one attached hydrogen (secondary N) is 3. The molecule has 0 unspecified atom stereocenters. The van der Waals surface area contributed by atoms with Gasteiger partial charge in [0.15, 0.2) is 17.2 Å². The Kier molecular flexibility index (Phi) is 3.75. The molecule has 0 radical (unpaired) electrons. The summed E-state index contributed by atoms with van der Waals surface area (Å²) in [5.74, 6) is 0.637. The van der Waals surface area contributed by atoms with Crippen LogP contribution in [-0.2, 0) is 0 Å². The highest BCUT2D eigenvalue weighted by atomic mass is 15.2. The highest BCUT2D eigenvalue weighted by Crippen LogP contribution is 2.27. The van der Waals surface area contributed by atoms with Crippen LogP contribution < -0.4 is 5.32 Å². The van der Waals surface area contributed by atoms with Crippen molar-refractivity contribution in [2.75, 3.05) is 5.32 Å². The highest BCUT2D eigenvalue weighted by Gasteiger charge is 2.15. The molecule has 0 aliphatic heterocycles. The second-order valence-corrected chi connectivity index (χ2v) is 6.89. The van der Waals surface area contributed by atoms with Gasteiger partial charge in [-0.25, -0.2) is 15.0 Å². The van der Waals surface area contributed by atoms with Crippen molar-refractivity contribution in [3.8, 4) is 22.8 Å². The average Bonchev–Trinajstić information content (AvgIpc) is 3.30. The Bertz CT molecular complexity index is 1250. The van der Waals surface area contributed by atoms with Crippen LogP contribution in [0.25, 0.3) is 45.0 Å². The number of aromatic amines is 2. The van der Waals surface area contributed by atoms with Crippen LogP contribution in [0.1, 0.15) is 13.8 Å². The van der Waals surface area contributed by atoms with Crippen molar-refractivity contribution in [2.45, 2.75) is 19.9 Å². The second kappa shape index (κ2) is 6.41. The quantitative estimate of drug-likeness (QED) is 0.444. The first-order chi connectivity index (χ1) is 13.7. The molecule has 5 rings (SSSR count). The first kappa shape index (κ1) is 16.4. The van der Waals surface area contributed by atoms with Crippen molar-refractivity contribution in [1.82, 2.24) is 35.1 Å². The van der Waals surface area contributed by atoms with Gasteiger partial charge in [0.2, 0.25) is 0 Å². The van der Waals surface area contributed by atoms with Crippen LogP contribution in [0.2, 0.25) is 0 Å². The van der Waals surface area contributed by atoms with E-state index in [-0.39, 0.29) is 0 Å². The van der Waals surface area contributed by atoms with Gasteiger partial charge in [-0.1, -0.05) is 0 Å². The van der Waals surface area contributed by atoms with Gasteiger partial charge in [-0.05, 0) is 44.2 Å². The molecule has 0 spiro atoms. The van der Waals surface area contributed by atoms with Crippen LogP contribution in [0, 0.1) is 0 Å². The monoisotopic (exact) mass is 370 g/mol. The van der Waals surface area contributed by atoms with Crippen LogP contribution in [-0.4, -0.2) is 41.2 Å². The van der Waals surface area contributed by atoms with Crippen molar-refractivity contribution < 1.29 is 0 Å². The standard InChI is InChI=1S/C20H18N8/c1-11(2)23-13-8-12(9-21-10-13)14-5-6-15-17(24-14)18(28-27-15)20-25-16-4-3-7-22-19(16)26-20/h3-11,23H,1-2H3,(H,27,28)(H,22,25,26). The zero-order valence-corrected chi connectivity index (χ0v) is 15.4. The van der Waals surface area contributed by atoms with E-state index in [1.807, 2.05) is 42.7 Å². The van der Waals surface area contributed by atoms with E-state index in [9.17, 15) is 0 Å². The predicted molar refractivity (Wildman–Crippen MR) is 109 cm³/mol. The normalized spacial score (nSPS) is 11.5. The zero-order chi connectivity index (χ0) is 19.1. The number of anilines is 1. The maximum absolute atomic E-state index is 4.83. The van der Waals surface area contributed by atoms with Gasteiger partial charge in [-0.2, -0.15) is 5.10 Å². The molecule has 0 saturated heterocycles. The summed E-state index contributed by atoms with van der Waals surface area (Å²) in [6.45, 7) is 4.19. The minimum absolute atomic E-state index is 0.328. The lowest BCUT2D eigenvalue weighted by atomic mass is 10.1. The molecule has 138 valence electrons. The molecule has 5 heterocycles. The van der Waals surface area contributed by atoms with Gasteiger partial charge < -0.3 is 10.3 Å². The van der Waals surface area contributed by atoms with Crippen molar-refractivity contribution in [3.63, 3.8) is 0 Å². The van der Waals surface area contributed by atoms with Gasteiger partial charge in [-0.3, -0.25) is 10.1 Å². The topological polar surface area (TPSA) is 108 Å². The minimum Gasteiger partial charge on any atom is -0.382 e. The molecule has 0 aromatic carbocycles. The van der Waals surface area contributed by atoms with E-state index >= 15 is 0 Å². The molecule has 8 nitrogen and oxygen atoms in total.